The Morgan fingerprint density at radius 2 is 1.94 bits per heavy atom. The highest BCUT2D eigenvalue weighted by atomic mass is 79.9. The summed E-state index contributed by atoms with van der Waals surface area (Å²) in [6, 6.07) is 11.4. The molecule has 2 aromatic carbocycles. The Labute approximate surface area is 120 Å². The van der Waals surface area contributed by atoms with Crippen LogP contribution < -0.4 is 10.5 Å². The lowest BCUT2D eigenvalue weighted by Crippen LogP contribution is -1.99. The summed E-state index contributed by atoms with van der Waals surface area (Å²) < 4.78 is 6.81. The summed E-state index contributed by atoms with van der Waals surface area (Å²) in [6.45, 7) is 2.41. The average molecular weight is 327 g/mol. The monoisotopic (exact) mass is 325 g/mol. The van der Waals surface area contributed by atoms with Crippen LogP contribution in [-0.2, 0) is 6.54 Å². The molecule has 0 heterocycles. The van der Waals surface area contributed by atoms with Crippen molar-refractivity contribution in [2.45, 2.75) is 13.5 Å². The molecular weight excluding hydrogens is 314 g/mol. The molecule has 4 heteroatoms. The minimum Gasteiger partial charge on any atom is -0.455 e. The predicted octanol–water partition coefficient (Wildman–Crippen LogP) is 4.66. The smallest absolute Gasteiger partial charge is 0.146 e. The number of hydrogen-bond donors (Lipinski definition) is 1. The van der Waals surface area contributed by atoms with Gasteiger partial charge in [-0.25, -0.2) is 0 Å². The minimum absolute atomic E-state index is 0.415. The van der Waals surface area contributed by atoms with Crippen molar-refractivity contribution >= 4 is 27.5 Å². The summed E-state index contributed by atoms with van der Waals surface area (Å²) in [6.07, 6.45) is 0. The third kappa shape index (κ3) is 3.05. The molecule has 0 unspecified atom stereocenters. The lowest BCUT2D eigenvalue weighted by molar-refractivity contribution is 0.476. The lowest BCUT2D eigenvalue weighted by Gasteiger charge is -2.12. The number of benzene rings is 2. The molecule has 0 aromatic heterocycles. The molecule has 0 amide bonds. The highest BCUT2D eigenvalue weighted by molar-refractivity contribution is 9.10. The number of hydrogen-bond acceptors (Lipinski definition) is 2. The Balaban J connectivity index is 2.36. The van der Waals surface area contributed by atoms with Crippen molar-refractivity contribution in [2.75, 3.05) is 0 Å². The molecule has 0 saturated heterocycles. The molecule has 0 bridgehead atoms. The van der Waals surface area contributed by atoms with Gasteiger partial charge in [0.15, 0.2) is 0 Å². The molecule has 2 N–H and O–H groups in total. The summed E-state index contributed by atoms with van der Waals surface area (Å²) in [5.74, 6) is 1.38. The van der Waals surface area contributed by atoms with Crippen LogP contribution in [0.15, 0.2) is 40.9 Å². The van der Waals surface area contributed by atoms with Crippen LogP contribution in [-0.4, -0.2) is 0 Å². The number of aryl methyl sites for hydroxylation is 1. The van der Waals surface area contributed by atoms with Crippen molar-refractivity contribution in [1.29, 1.82) is 0 Å². The largest absolute Gasteiger partial charge is 0.455 e. The van der Waals surface area contributed by atoms with Crippen molar-refractivity contribution in [3.05, 3.63) is 57.0 Å². The van der Waals surface area contributed by atoms with Gasteiger partial charge in [0, 0.05) is 16.6 Å². The van der Waals surface area contributed by atoms with E-state index < -0.39 is 0 Å². The zero-order valence-corrected chi connectivity index (χ0v) is 12.3. The fourth-order valence-electron chi connectivity index (χ4n) is 1.61. The minimum atomic E-state index is 0.415. The first-order valence-corrected chi connectivity index (χ1v) is 6.70. The molecule has 0 fully saturated rings. The second-order valence-electron chi connectivity index (χ2n) is 3.99. The molecule has 2 nitrogen and oxygen atoms in total. The van der Waals surface area contributed by atoms with Crippen molar-refractivity contribution in [3.8, 4) is 11.5 Å². The molecule has 0 saturated carbocycles. The molecule has 2 aromatic rings. The van der Waals surface area contributed by atoms with E-state index in [4.69, 9.17) is 22.1 Å². The highest BCUT2D eigenvalue weighted by Crippen LogP contribution is 2.33. The van der Waals surface area contributed by atoms with Crippen LogP contribution >= 0.6 is 27.5 Å². The third-order valence-electron chi connectivity index (χ3n) is 2.55. The van der Waals surface area contributed by atoms with Crippen molar-refractivity contribution in [3.63, 3.8) is 0 Å². The number of nitrogens with two attached hydrogens (primary N) is 1. The average Bonchev–Trinajstić information content (AvgIpc) is 2.36. The van der Waals surface area contributed by atoms with E-state index in [9.17, 15) is 0 Å². The molecule has 0 aliphatic heterocycles. The summed E-state index contributed by atoms with van der Waals surface area (Å²) in [7, 11) is 0. The summed E-state index contributed by atoms with van der Waals surface area (Å²) in [5.41, 5.74) is 7.74. The molecule has 18 heavy (non-hydrogen) atoms. The van der Waals surface area contributed by atoms with Gasteiger partial charge in [-0.3, -0.25) is 0 Å². The predicted molar refractivity (Wildman–Crippen MR) is 78.3 cm³/mol. The first-order chi connectivity index (χ1) is 8.60. The fourth-order valence-corrected chi connectivity index (χ4v) is 2.18. The van der Waals surface area contributed by atoms with Gasteiger partial charge in [-0.15, -0.1) is 0 Å². The first-order valence-electron chi connectivity index (χ1n) is 5.52. The Bertz CT molecular complexity index is 572. The Kier molecular flexibility index (Phi) is 4.27. The van der Waals surface area contributed by atoms with E-state index in [-0.39, 0.29) is 0 Å². The van der Waals surface area contributed by atoms with E-state index in [2.05, 4.69) is 15.9 Å². The molecule has 2 rings (SSSR count). The number of rotatable bonds is 3. The standard InChI is InChI=1S/C14H13BrClNO/c1-9-2-4-12(16)14(6-9)18-13-5-3-11(15)7-10(13)8-17/h2-7H,8,17H2,1H3. The van der Waals surface area contributed by atoms with Crippen molar-refractivity contribution in [2.24, 2.45) is 5.73 Å². The molecule has 0 spiro atoms. The maximum absolute atomic E-state index is 6.11. The maximum atomic E-state index is 6.11. The van der Waals surface area contributed by atoms with Crippen LogP contribution in [0.25, 0.3) is 0 Å². The van der Waals surface area contributed by atoms with Gasteiger partial charge in [-0.1, -0.05) is 33.6 Å². The van der Waals surface area contributed by atoms with Gasteiger partial charge in [-0.05, 0) is 42.8 Å². The highest BCUT2D eigenvalue weighted by Gasteiger charge is 2.07. The Morgan fingerprint density at radius 1 is 1.17 bits per heavy atom. The van der Waals surface area contributed by atoms with Gasteiger partial charge in [0.1, 0.15) is 11.5 Å². The zero-order valence-electron chi connectivity index (χ0n) is 9.91. The Hall–Kier alpha value is -1.03. The van der Waals surface area contributed by atoms with E-state index in [0.717, 1.165) is 21.3 Å². The molecule has 94 valence electrons. The van der Waals surface area contributed by atoms with E-state index in [1.54, 1.807) is 0 Å². The number of halogens is 2. The van der Waals surface area contributed by atoms with Gasteiger partial charge < -0.3 is 10.5 Å². The van der Waals surface area contributed by atoms with Crippen LogP contribution in [0.5, 0.6) is 11.5 Å². The van der Waals surface area contributed by atoms with Gasteiger partial charge in [0.05, 0.1) is 5.02 Å². The topological polar surface area (TPSA) is 35.2 Å². The second-order valence-corrected chi connectivity index (χ2v) is 5.31. The Morgan fingerprint density at radius 3 is 2.67 bits per heavy atom. The molecule has 0 aliphatic carbocycles. The summed E-state index contributed by atoms with van der Waals surface area (Å²) in [4.78, 5) is 0. The third-order valence-corrected chi connectivity index (χ3v) is 3.35. The van der Waals surface area contributed by atoms with Crippen LogP contribution in [0.4, 0.5) is 0 Å². The maximum Gasteiger partial charge on any atom is 0.146 e. The van der Waals surface area contributed by atoms with Gasteiger partial charge in [0.2, 0.25) is 0 Å². The summed E-state index contributed by atoms with van der Waals surface area (Å²) in [5, 5.41) is 0.589. The van der Waals surface area contributed by atoms with Crippen molar-refractivity contribution < 1.29 is 4.74 Å². The van der Waals surface area contributed by atoms with E-state index in [1.165, 1.54) is 0 Å². The molecule has 0 aliphatic rings. The van der Waals surface area contributed by atoms with Crippen LogP contribution in [0.2, 0.25) is 5.02 Å². The normalized spacial score (nSPS) is 10.4. The lowest BCUT2D eigenvalue weighted by atomic mass is 10.2. The van der Waals surface area contributed by atoms with Gasteiger partial charge >= 0.3 is 0 Å². The van der Waals surface area contributed by atoms with E-state index >= 15 is 0 Å². The first kappa shape index (κ1) is 13.4. The van der Waals surface area contributed by atoms with Gasteiger partial charge in [0.25, 0.3) is 0 Å². The molecule has 0 radical (unpaired) electrons. The zero-order chi connectivity index (χ0) is 13.1. The fraction of sp³-hybridized carbons (Fsp3) is 0.143. The SMILES string of the molecule is Cc1ccc(Cl)c(Oc2ccc(Br)cc2CN)c1. The van der Waals surface area contributed by atoms with Crippen LogP contribution in [0.1, 0.15) is 11.1 Å². The van der Waals surface area contributed by atoms with Crippen molar-refractivity contribution in [1.82, 2.24) is 0 Å². The van der Waals surface area contributed by atoms with Crippen LogP contribution in [0, 0.1) is 6.92 Å². The van der Waals surface area contributed by atoms with E-state index in [1.807, 2.05) is 43.3 Å². The van der Waals surface area contributed by atoms with E-state index in [0.29, 0.717) is 17.3 Å². The van der Waals surface area contributed by atoms with Crippen LogP contribution in [0.3, 0.4) is 0 Å². The number of ether oxygens (including phenoxy) is 1. The molecule has 0 atom stereocenters. The quantitative estimate of drug-likeness (QED) is 0.890. The molecular formula is C14H13BrClNO. The second kappa shape index (κ2) is 5.74. The summed E-state index contributed by atoms with van der Waals surface area (Å²) >= 11 is 9.52. The van der Waals surface area contributed by atoms with Gasteiger partial charge in [-0.2, -0.15) is 0 Å².